The first-order valence-electron chi connectivity index (χ1n) is 9.24. The number of nitrogens with one attached hydrogen (secondary N) is 1. The Bertz CT molecular complexity index is 714. The van der Waals surface area contributed by atoms with Crippen LogP contribution < -0.4 is 11.1 Å². The summed E-state index contributed by atoms with van der Waals surface area (Å²) in [5.74, 6) is 1.65. The van der Waals surface area contributed by atoms with Gasteiger partial charge in [-0.25, -0.2) is 4.98 Å². The highest BCUT2D eigenvalue weighted by Gasteiger charge is 2.39. The summed E-state index contributed by atoms with van der Waals surface area (Å²) in [5, 5.41) is 3.26. The standard InChI is InChI=1S/C20H25N3O2/c21-16-9-14-7-4-8-15(10-16)19(14)23-18(24)11-17-12-25-20(22-17)13-5-2-1-3-6-13/h1-3,5-6,12,14-16,19H,4,7-11,21H2,(H,23,24). The summed E-state index contributed by atoms with van der Waals surface area (Å²) in [6.45, 7) is 0. The monoisotopic (exact) mass is 339 g/mol. The molecule has 2 aliphatic carbocycles. The van der Waals surface area contributed by atoms with Crippen LogP contribution in [0.15, 0.2) is 41.0 Å². The molecule has 2 aliphatic rings. The maximum Gasteiger partial charge on any atom is 0.226 e. The van der Waals surface area contributed by atoms with Gasteiger partial charge in [0, 0.05) is 17.6 Å². The quantitative estimate of drug-likeness (QED) is 0.897. The van der Waals surface area contributed by atoms with Crippen LogP contribution in [0.5, 0.6) is 0 Å². The van der Waals surface area contributed by atoms with Crippen LogP contribution in [0, 0.1) is 11.8 Å². The second-order valence-corrected chi connectivity index (χ2v) is 7.46. The Kier molecular flexibility index (Phi) is 4.57. The number of amides is 1. The maximum atomic E-state index is 12.5. The number of hydrogen-bond donors (Lipinski definition) is 2. The Balaban J connectivity index is 1.39. The molecule has 2 atom stereocenters. The molecule has 4 rings (SSSR count). The van der Waals surface area contributed by atoms with Crippen LogP contribution >= 0.6 is 0 Å². The molecule has 0 aliphatic heterocycles. The molecule has 0 spiro atoms. The van der Waals surface area contributed by atoms with E-state index in [4.69, 9.17) is 10.2 Å². The van der Waals surface area contributed by atoms with Gasteiger partial charge in [0.25, 0.3) is 0 Å². The second kappa shape index (κ2) is 7.00. The fourth-order valence-electron chi connectivity index (χ4n) is 4.53. The van der Waals surface area contributed by atoms with Crippen molar-refractivity contribution in [3.63, 3.8) is 0 Å². The summed E-state index contributed by atoms with van der Waals surface area (Å²) in [4.78, 5) is 17.0. The number of carbonyl (C=O) groups is 1. The molecule has 1 aromatic heterocycles. The van der Waals surface area contributed by atoms with Crippen molar-refractivity contribution in [3.8, 4) is 11.5 Å². The SMILES string of the molecule is NC1CC2CCCC(C1)C2NC(=O)Cc1coc(-c2ccccc2)n1. The van der Waals surface area contributed by atoms with Gasteiger partial charge in [-0.1, -0.05) is 24.6 Å². The highest BCUT2D eigenvalue weighted by molar-refractivity contribution is 5.78. The van der Waals surface area contributed by atoms with E-state index in [1.165, 1.54) is 19.3 Å². The average molecular weight is 339 g/mol. The number of benzene rings is 1. The van der Waals surface area contributed by atoms with Crippen molar-refractivity contribution in [2.24, 2.45) is 17.6 Å². The topological polar surface area (TPSA) is 81.1 Å². The van der Waals surface area contributed by atoms with E-state index in [0.717, 1.165) is 18.4 Å². The van der Waals surface area contributed by atoms with Gasteiger partial charge in [-0.2, -0.15) is 0 Å². The minimum atomic E-state index is 0.0327. The molecule has 1 aromatic carbocycles. The summed E-state index contributed by atoms with van der Waals surface area (Å²) in [6.07, 6.45) is 7.53. The summed E-state index contributed by atoms with van der Waals surface area (Å²) < 4.78 is 5.52. The molecule has 25 heavy (non-hydrogen) atoms. The smallest absolute Gasteiger partial charge is 0.226 e. The lowest BCUT2D eigenvalue weighted by atomic mass is 9.67. The first-order chi connectivity index (χ1) is 12.2. The van der Waals surface area contributed by atoms with E-state index in [0.29, 0.717) is 29.5 Å². The van der Waals surface area contributed by atoms with Crippen LogP contribution in [0.25, 0.3) is 11.5 Å². The van der Waals surface area contributed by atoms with Gasteiger partial charge in [-0.3, -0.25) is 4.79 Å². The van der Waals surface area contributed by atoms with Crippen molar-refractivity contribution in [1.82, 2.24) is 10.3 Å². The fourth-order valence-corrected chi connectivity index (χ4v) is 4.53. The average Bonchev–Trinajstić information content (AvgIpc) is 3.05. The molecule has 5 heteroatoms. The van der Waals surface area contributed by atoms with E-state index in [1.807, 2.05) is 30.3 Å². The van der Waals surface area contributed by atoms with E-state index in [2.05, 4.69) is 10.3 Å². The Morgan fingerprint density at radius 3 is 2.64 bits per heavy atom. The fraction of sp³-hybridized carbons (Fsp3) is 0.500. The summed E-state index contributed by atoms with van der Waals surface area (Å²) in [6, 6.07) is 10.3. The van der Waals surface area contributed by atoms with Crippen molar-refractivity contribution in [1.29, 1.82) is 0 Å². The number of oxazole rings is 1. The molecule has 0 radical (unpaired) electrons. The molecule has 2 aromatic rings. The highest BCUT2D eigenvalue weighted by atomic mass is 16.3. The molecule has 3 N–H and O–H groups in total. The molecule has 5 nitrogen and oxygen atoms in total. The number of fused-ring (bicyclic) bond motifs is 2. The Labute approximate surface area is 148 Å². The lowest BCUT2D eigenvalue weighted by molar-refractivity contribution is -0.122. The Morgan fingerprint density at radius 2 is 1.92 bits per heavy atom. The van der Waals surface area contributed by atoms with Crippen molar-refractivity contribution in [2.45, 2.75) is 50.6 Å². The number of aromatic nitrogens is 1. The van der Waals surface area contributed by atoms with Crippen molar-refractivity contribution < 1.29 is 9.21 Å². The lowest BCUT2D eigenvalue weighted by Crippen LogP contribution is -2.54. The van der Waals surface area contributed by atoms with Gasteiger partial charge in [-0.05, 0) is 49.7 Å². The van der Waals surface area contributed by atoms with E-state index >= 15 is 0 Å². The van der Waals surface area contributed by atoms with Crippen LogP contribution in [0.4, 0.5) is 0 Å². The number of hydrogen-bond acceptors (Lipinski definition) is 4. The zero-order chi connectivity index (χ0) is 17.2. The maximum absolute atomic E-state index is 12.5. The molecule has 2 saturated carbocycles. The van der Waals surface area contributed by atoms with Gasteiger partial charge >= 0.3 is 0 Å². The van der Waals surface area contributed by atoms with Gasteiger partial charge in [0.1, 0.15) is 6.26 Å². The van der Waals surface area contributed by atoms with Crippen LogP contribution in [0.3, 0.4) is 0 Å². The number of rotatable bonds is 4. The van der Waals surface area contributed by atoms with Gasteiger partial charge in [0.15, 0.2) is 0 Å². The normalized spacial score (nSPS) is 28.5. The predicted molar refractivity (Wildman–Crippen MR) is 95.6 cm³/mol. The molecule has 0 saturated heterocycles. The van der Waals surface area contributed by atoms with E-state index in [9.17, 15) is 4.79 Å². The van der Waals surface area contributed by atoms with Crippen molar-refractivity contribution >= 4 is 5.91 Å². The lowest BCUT2D eigenvalue weighted by Gasteiger charge is -2.45. The van der Waals surface area contributed by atoms with Gasteiger partial charge in [0.05, 0.1) is 12.1 Å². The zero-order valence-corrected chi connectivity index (χ0v) is 14.4. The van der Waals surface area contributed by atoms with Gasteiger partial charge in [0.2, 0.25) is 11.8 Å². The number of nitrogens with zero attached hydrogens (tertiary/aromatic N) is 1. The minimum Gasteiger partial charge on any atom is -0.444 e. The molecular weight excluding hydrogens is 314 g/mol. The zero-order valence-electron chi connectivity index (χ0n) is 14.4. The third-order valence-corrected chi connectivity index (χ3v) is 5.62. The molecule has 2 bridgehead atoms. The first-order valence-corrected chi connectivity index (χ1v) is 9.24. The third kappa shape index (κ3) is 3.61. The van der Waals surface area contributed by atoms with Crippen LogP contribution in [0.1, 0.15) is 37.8 Å². The van der Waals surface area contributed by atoms with Crippen LogP contribution in [0.2, 0.25) is 0 Å². The van der Waals surface area contributed by atoms with Crippen molar-refractivity contribution in [2.75, 3.05) is 0 Å². The molecule has 1 heterocycles. The highest BCUT2D eigenvalue weighted by Crippen LogP contribution is 2.39. The van der Waals surface area contributed by atoms with E-state index < -0.39 is 0 Å². The molecule has 2 fully saturated rings. The Hall–Kier alpha value is -2.14. The Morgan fingerprint density at radius 1 is 1.20 bits per heavy atom. The van der Waals surface area contributed by atoms with Gasteiger partial charge < -0.3 is 15.5 Å². The van der Waals surface area contributed by atoms with Crippen molar-refractivity contribution in [3.05, 3.63) is 42.3 Å². The summed E-state index contributed by atoms with van der Waals surface area (Å²) >= 11 is 0. The summed E-state index contributed by atoms with van der Waals surface area (Å²) in [7, 11) is 0. The minimum absolute atomic E-state index is 0.0327. The van der Waals surface area contributed by atoms with Crippen LogP contribution in [-0.4, -0.2) is 23.0 Å². The first kappa shape index (κ1) is 16.3. The molecular formula is C20H25N3O2. The predicted octanol–water partition coefficient (Wildman–Crippen LogP) is 2.91. The number of nitrogens with two attached hydrogens (primary N) is 1. The molecule has 2 unspecified atom stereocenters. The molecule has 1 amide bonds. The van der Waals surface area contributed by atoms with E-state index in [1.54, 1.807) is 6.26 Å². The second-order valence-electron chi connectivity index (χ2n) is 7.46. The number of carbonyl (C=O) groups excluding carboxylic acids is 1. The molecule has 132 valence electrons. The van der Waals surface area contributed by atoms with Gasteiger partial charge in [-0.15, -0.1) is 0 Å². The largest absolute Gasteiger partial charge is 0.444 e. The van der Waals surface area contributed by atoms with Crippen LogP contribution in [-0.2, 0) is 11.2 Å². The third-order valence-electron chi connectivity index (χ3n) is 5.62. The van der Waals surface area contributed by atoms with E-state index in [-0.39, 0.29) is 18.4 Å². The summed E-state index contributed by atoms with van der Waals surface area (Å²) in [5.41, 5.74) is 7.76.